The molecule has 6 heteroatoms. The lowest BCUT2D eigenvalue weighted by atomic mass is 10.5. The second kappa shape index (κ2) is 4.30. The van der Waals surface area contributed by atoms with Gasteiger partial charge in [-0.1, -0.05) is 0 Å². The summed E-state index contributed by atoms with van der Waals surface area (Å²) in [6.45, 7) is 1.67. The van der Waals surface area contributed by atoms with Gasteiger partial charge in [-0.05, 0) is 6.92 Å². The first-order valence-electron chi connectivity index (χ1n) is 2.89. The Morgan fingerprint density at radius 2 is 2.09 bits per heavy atom. The predicted molar refractivity (Wildman–Crippen MR) is 37.4 cm³/mol. The van der Waals surface area contributed by atoms with E-state index in [1.165, 1.54) is 6.92 Å². The summed E-state index contributed by atoms with van der Waals surface area (Å²) in [5.74, 6) is 0. The number of hydrogen-bond donors (Lipinski definition) is 0. The minimum atomic E-state index is -3.45. The van der Waals surface area contributed by atoms with Gasteiger partial charge in [-0.25, -0.2) is 0 Å². The predicted octanol–water partition coefficient (Wildman–Crippen LogP) is -0.476. The minimum absolute atomic E-state index is 0.0590. The number of hydrogen-bond acceptors (Lipinski definition) is 5. The Kier molecular flexibility index (Phi) is 4.06. The van der Waals surface area contributed by atoms with Crippen LogP contribution in [0, 0.1) is 0 Å². The molecule has 0 aromatic carbocycles. The third kappa shape index (κ3) is 7.27. The molecule has 0 saturated carbocycles. The lowest BCUT2D eigenvalue weighted by molar-refractivity contribution is -0.130. The summed E-state index contributed by atoms with van der Waals surface area (Å²) in [6, 6.07) is 0. The second-order valence-electron chi connectivity index (χ2n) is 2.04. The van der Waals surface area contributed by atoms with Crippen LogP contribution in [0.5, 0.6) is 0 Å². The number of rotatable bonds is 5. The fourth-order valence-electron chi connectivity index (χ4n) is 0.501. The second-order valence-corrected chi connectivity index (χ2v) is 3.64. The van der Waals surface area contributed by atoms with Crippen LogP contribution in [0.2, 0.25) is 0 Å². The van der Waals surface area contributed by atoms with E-state index in [1.54, 1.807) is 0 Å². The quantitative estimate of drug-likeness (QED) is 0.424. The van der Waals surface area contributed by atoms with Gasteiger partial charge in [0.1, 0.15) is 12.7 Å². The molecule has 0 amide bonds. The Morgan fingerprint density at radius 1 is 1.55 bits per heavy atom. The standard InChI is InChI=1S/C5H10O5S/c1-5(3-9-4-6)10-11(2,7)8/h4-5H,3H2,1-2H3. The van der Waals surface area contributed by atoms with Crippen molar-refractivity contribution in [1.82, 2.24) is 0 Å². The molecule has 0 aliphatic heterocycles. The summed E-state index contributed by atoms with van der Waals surface area (Å²) >= 11 is 0. The highest BCUT2D eigenvalue weighted by Crippen LogP contribution is 1.96. The van der Waals surface area contributed by atoms with E-state index in [2.05, 4.69) is 8.92 Å². The molecule has 11 heavy (non-hydrogen) atoms. The molecule has 0 aliphatic rings. The molecule has 5 nitrogen and oxygen atoms in total. The van der Waals surface area contributed by atoms with Crippen molar-refractivity contribution in [2.75, 3.05) is 12.9 Å². The molecule has 0 rings (SSSR count). The summed E-state index contributed by atoms with van der Waals surface area (Å²) in [6.07, 6.45) is 0.305. The van der Waals surface area contributed by atoms with E-state index in [1.807, 2.05) is 0 Å². The number of ether oxygens (including phenoxy) is 1. The fraction of sp³-hybridized carbons (Fsp3) is 0.800. The van der Waals surface area contributed by atoms with Crippen LogP contribution in [0.15, 0.2) is 0 Å². The monoisotopic (exact) mass is 182 g/mol. The van der Waals surface area contributed by atoms with Crippen molar-refractivity contribution >= 4 is 16.6 Å². The van der Waals surface area contributed by atoms with Crippen LogP contribution in [0.3, 0.4) is 0 Å². The van der Waals surface area contributed by atoms with Gasteiger partial charge in [0.2, 0.25) is 0 Å². The van der Waals surface area contributed by atoms with Crippen molar-refractivity contribution in [1.29, 1.82) is 0 Å². The maximum atomic E-state index is 10.4. The van der Waals surface area contributed by atoms with Gasteiger partial charge in [0, 0.05) is 0 Å². The smallest absolute Gasteiger partial charge is 0.293 e. The number of carbonyl (C=O) groups is 1. The summed E-state index contributed by atoms with van der Waals surface area (Å²) in [5, 5.41) is 0. The lowest BCUT2D eigenvalue weighted by Gasteiger charge is -2.08. The highest BCUT2D eigenvalue weighted by molar-refractivity contribution is 7.86. The zero-order chi connectivity index (χ0) is 8.91. The van der Waals surface area contributed by atoms with Gasteiger partial charge >= 0.3 is 0 Å². The molecule has 66 valence electrons. The molecule has 1 atom stereocenters. The van der Waals surface area contributed by atoms with E-state index in [4.69, 9.17) is 0 Å². The maximum absolute atomic E-state index is 10.4. The lowest BCUT2D eigenvalue weighted by Crippen LogP contribution is -2.19. The molecule has 0 aliphatic carbocycles. The Hall–Kier alpha value is -0.620. The van der Waals surface area contributed by atoms with Gasteiger partial charge in [0.15, 0.2) is 0 Å². The van der Waals surface area contributed by atoms with E-state index in [9.17, 15) is 13.2 Å². The highest BCUT2D eigenvalue weighted by Gasteiger charge is 2.09. The molecule has 0 aromatic rings. The van der Waals surface area contributed by atoms with Gasteiger partial charge in [-0.3, -0.25) is 8.98 Å². The average Bonchev–Trinajstić information content (AvgIpc) is 1.79. The van der Waals surface area contributed by atoms with E-state index in [0.717, 1.165) is 6.26 Å². The van der Waals surface area contributed by atoms with Crippen LogP contribution < -0.4 is 0 Å². The first-order valence-corrected chi connectivity index (χ1v) is 4.71. The molecule has 0 N–H and O–H groups in total. The van der Waals surface area contributed by atoms with E-state index in [-0.39, 0.29) is 13.1 Å². The van der Waals surface area contributed by atoms with Crippen molar-refractivity contribution in [3.63, 3.8) is 0 Å². The third-order valence-electron chi connectivity index (χ3n) is 0.738. The van der Waals surface area contributed by atoms with Gasteiger partial charge < -0.3 is 4.74 Å². The zero-order valence-corrected chi connectivity index (χ0v) is 7.13. The average molecular weight is 182 g/mol. The molecule has 0 radical (unpaired) electrons. The number of carbonyl (C=O) groups excluding carboxylic acids is 1. The van der Waals surface area contributed by atoms with Crippen LogP contribution in [0.1, 0.15) is 6.92 Å². The molecule has 0 aromatic heterocycles. The maximum Gasteiger partial charge on any atom is 0.293 e. The van der Waals surface area contributed by atoms with Crippen LogP contribution >= 0.6 is 0 Å². The fourth-order valence-corrected chi connectivity index (χ4v) is 1.15. The highest BCUT2D eigenvalue weighted by atomic mass is 32.2. The van der Waals surface area contributed by atoms with Gasteiger partial charge in [-0.15, -0.1) is 0 Å². The normalized spacial score (nSPS) is 14.0. The van der Waals surface area contributed by atoms with Crippen molar-refractivity contribution in [2.45, 2.75) is 13.0 Å². The van der Waals surface area contributed by atoms with Crippen molar-refractivity contribution < 1.29 is 22.1 Å². The first kappa shape index (κ1) is 10.4. The molecule has 0 spiro atoms. The molecular weight excluding hydrogens is 172 g/mol. The minimum Gasteiger partial charge on any atom is -0.465 e. The van der Waals surface area contributed by atoms with Crippen molar-refractivity contribution in [2.24, 2.45) is 0 Å². The van der Waals surface area contributed by atoms with Crippen LogP contribution in [0.4, 0.5) is 0 Å². The van der Waals surface area contributed by atoms with Crippen LogP contribution in [-0.4, -0.2) is 33.9 Å². The Labute approximate surface area is 65.4 Å². The third-order valence-corrected chi connectivity index (χ3v) is 1.42. The van der Waals surface area contributed by atoms with Crippen LogP contribution in [-0.2, 0) is 23.8 Å². The van der Waals surface area contributed by atoms with Gasteiger partial charge in [-0.2, -0.15) is 8.42 Å². The summed E-state index contributed by atoms with van der Waals surface area (Å²) in [7, 11) is -3.45. The van der Waals surface area contributed by atoms with Crippen molar-refractivity contribution in [3.05, 3.63) is 0 Å². The SMILES string of the molecule is CC(COC=O)OS(C)(=O)=O. The van der Waals surface area contributed by atoms with E-state index >= 15 is 0 Å². The van der Waals surface area contributed by atoms with Crippen molar-refractivity contribution in [3.8, 4) is 0 Å². The van der Waals surface area contributed by atoms with E-state index in [0.29, 0.717) is 0 Å². The first-order chi connectivity index (χ1) is 4.95. The van der Waals surface area contributed by atoms with Gasteiger partial charge in [0.25, 0.3) is 16.6 Å². The molecule has 0 heterocycles. The molecule has 0 bridgehead atoms. The summed E-state index contributed by atoms with van der Waals surface area (Å²) < 4.78 is 29.6. The molecule has 0 fully saturated rings. The summed E-state index contributed by atoms with van der Waals surface area (Å²) in [4.78, 5) is 9.65. The topological polar surface area (TPSA) is 69.7 Å². The van der Waals surface area contributed by atoms with Gasteiger partial charge in [0.05, 0.1) is 6.26 Å². The Morgan fingerprint density at radius 3 is 2.45 bits per heavy atom. The molecular formula is C5H10O5S. The Balaban J connectivity index is 3.69. The Bertz CT molecular complexity index is 207. The van der Waals surface area contributed by atoms with E-state index < -0.39 is 16.2 Å². The largest absolute Gasteiger partial charge is 0.465 e. The van der Waals surface area contributed by atoms with Crippen LogP contribution in [0.25, 0.3) is 0 Å². The zero-order valence-electron chi connectivity index (χ0n) is 6.31. The molecule has 0 saturated heterocycles. The molecule has 1 unspecified atom stereocenters. The summed E-state index contributed by atoms with van der Waals surface area (Å²) in [5.41, 5.74) is 0.